The summed E-state index contributed by atoms with van der Waals surface area (Å²) in [4.78, 5) is 9.28. The zero-order valence-electron chi connectivity index (χ0n) is 16.7. The first-order valence-corrected chi connectivity index (χ1v) is 9.96. The van der Waals surface area contributed by atoms with Gasteiger partial charge in [0.2, 0.25) is 0 Å². The number of fused-ring (bicyclic) bond motifs is 1. The van der Waals surface area contributed by atoms with Crippen molar-refractivity contribution in [1.82, 2.24) is 18.8 Å². The van der Waals surface area contributed by atoms with E-state index in [0.29, 0.717) is 6.42 Å². The van der Waals surface area contributed by atoms with E-state index in [1.807, 2.05) is 61.2 Å². The maximum atomic E-state index is 14.2. The minimum Gasteiger partial charge on any atom is -0.336 e. The van der Waals surface area contributed by atoms with Gasteiger partial charge in [-0.25, -0.2) is 9.37 Å². The Morgan fingerprint density at radius 2 is 2.04 bits per heavy atom. The first-order valence-electron chi connectivity index (χ1n) is 9.19. The smallest absolute Gasteiger partial charge is 0.117 e. The molecule has 28 heavy (non-hydrogen) atoms. The molecular formula is C21H26FN5S. The lowest BCUT2D eigenvalue weighted by Crippen LogP contribution is -2.04. The third kappa shape index (κ3) is 4.60. The molecule has 0 aliphatic heterocycles. The standard InChI is InChI=1S/C21H26FN5S/c1-14-5-7-19-21(25-14)18(15(2)27(19)13-17(22)9-10-23)11-16-6-8-20(24-12-16)28-26(3)4/h5-9,12H,10-11,13,23H2,1-4H3/b17-9-. The Morgan fingerprint density at radius 3 is 2.68 bits per heavy atom. The molecule has 2 N–H and O–H groups in total. The molecule has 5 nitrogen and oxygen atoms in total. The van der Waals surface area contributed by atoms with Crippen LogP contribution in [-0.4, -0.2) is 39.5 Å². The fourth-order valence-corrected chi connectivity index (χ4v) is 3.83. The van der Waals surface area contributed by atoms with Crippen molar-refractivity contribution >= 4 is 23.0 Å². The van der Waals surface area contributed by atoms with Crippen molar-refractivity contribution in [1.29, 1.82) is 0 Å². The summed E-state index contributed by atoms with van der Waals surface area (Å²) >= 11 is 1.58. The van der Waals surface area contributed by atoms with Gasteiger partial charge in [0, 0.05) is 36.1 Å². The molecule has 0 atom stereocenters. The van der Waals surface area contributed by atoms with Crippen LogP contribution in [0.5, 0.6) is 0 Å². The number of aryl methyl sites for hydroxylation is 1. The lowest BCUT2D eigenvalue weighted by atomic mass is 10.1. The van der Waals surface area contributed by atoms with E-state index in [4.69, 9.17) is 10.7 Å². The molecule has 0 radical (unpaired) electrons. The summed E-state index contributed by atoms with van der Waals surface area (Å²) < 4.78 is 18.2. The normalized spacial score (nSPS) is 12.3. The Kier molecular flexibility index (Phi) is 6.49. The first kappa shape index (κ1) is 20.5. The molecular weight excluding hydrogens is 373 g/mol. The molecule has 0 aliphatic rings. The Morgan fingerprint density at radius 1 is 1.25 bits per heavy atom. The third-order valence-corrected chi connectivity index (χ3v) is 5.33. The van der Waals surface area contributed by atoms with Crippen LogP contribution in [0.25, 0.3) is 11.0 Å². The predicted octanol–water partition coefficient (Wildman–Crippen LogP) is 4.02. The van der Waals surface area contributed by atoms with Gasteiger partial charge in [-0.2, -0.15) is 0 Å². The van der Waals surface area contributed by atoms with E-state index in [0.717, 1.165) is 38.6 Å². The minimum absolute atomic E-state index is 0.168. The SMILES string of the molecule is Cc1ccc2c(n1)c(Cc1ccc(SN(C)C)nc1)c(C)n2C/C(F)=C/CN. The maximum Gasteiger partial charge on any atom is 0.117 e. The lowest BCUT2D eigenvalue weighted by molar-refractivity contribution is 0.554. The molecule has 3 heterocycles. The van der Waals surface area contributed by atoms with Crippen LogP contribution in [0.1, 0.15) is 22.5 Å². The van der Waals surface area contributed by atoms with Crippen LogP contribution in [0.4, 0.5) is 4.39 Å². The topological polar surface area (TPSA) is 60.0 Å². The molecule has 7 heteroatoms. The maximum absolute atomic E-state index is 14.2. The molecule has 3 aromatic rings. The number of hydrogen-bond acceptors (Lipinski definition) is 5. The highest BCUT2D eigenvalue weighted by molar-refractivity contribution is 7.96. The summed E-state index contributed by atoms with van der Waals surface area (Å²) in [6.07, 6.45) is 4.02. The quantitative estimate of drug-likeness (QED) is 0.608. The van der Waals surface area contributed by atoms with Crippen molar-refractivity contribution in [3.63, 3.8) is 0 Å². The van der Waals surface area contributed by atoms with Crippen LogP contribution in [0.15, 0.2) is 47.4 Å². The Balaban J connectivity index is 1.99. The molecule has 0 bridgehead atoms. The predicted molar refractivity (Wildman–Crippen MR) is 114 cm³/mol. The van der Waals surface area contributed by atoms with E-state index >= 15 is 0 Å². The summed E-state index contributed by atoms with van der Waals surface area (Å²) in [5.41, 5.74) is 11.5. The van der Waals surface area contributed by atoms with Crippen molar-refractivity contribution in [2.45, 2.75) is 31.8 Å². The van der Waals surface area contributed by atoms with Gasteiger partial charge in [-0.05, 0) is 69.7 Å². The second kappa shape index (κ2) is 8.86. The number of aromatic nitrogens is 3. The fourth-order valence-electron chi connectivity index (χ4n) is 3.22. The Labute approximate surface area is 169 Å². The molecule has 0 saturated carbocycles. The van der Waals surface area contributed by atoms with E-state index in [2.05, 4.69) is 11.1 Å². The average molecular weight is 400 g/mol. The van der Waals surface area contributed by atoms with Gasteiger partial charge in [0.1, 0.15) is 10.9 Å². The van der Waals surface area contributed by atoms with Gasteiger partial charge in [-0.3, -0.25) is 9.29 Å². The molecule has 0 saturated heterocycles. The highest BCUT2D eigenvalue weighted by atomic mass is 32.2. The van der Waals surface area contributed by atoms with Gasteiger partial charge < -0.3 is 10.3 Å². The highest BCUT2D eigenvalue weighted by Gasteiger charge is 2.17. The van der Waals surface area contributed by atoms with Crippen molar-refractivity contribution < 1.29 is 4.39 Å². The molecule has 0 fully saturated rings. The summed E-state index contributed by atoms with van der Waals surface area (Å²) in [5, 5.41) is 0.955. The van der Waals surface area contributed by atoms with E-state index in [9.17, 15) is 4.39 Å². The molecule has 0 amide bonds. The summed E-state index contributed by atoms with van der Waals surface area (Å²) in [7, 11) is 3.98. The van der Waals surface area contributed by atoms with Crippen LogP contribution < -0.4 is 5.73 Å². The number of nitrogens with zero attached hydrogens (tertiary/aromatic N) is 4. The van der Waals surface area contributed by atoms with Gasteiger partial charge in [0.25, 0.3) is 0 Å². The van der Waals surface area contributed by atoms with Gasteiger partial charge in [0.15, 0.2) is 0 Å². The van der Waals surface area contributed by atoms with E-state index < -0.39 is 0 Å². The zero-order valence-corrected chi connectivity index (χ0v) is 17.6. The fraction of sp³-hybridized carbons (Fsp3) is 0.333. The number of pyridine rings is 2. The summed E-state index contributed by atoms with van der Waals surface area (Å²) in [6.45, 7) is 4.35. The largest absolute Gasteiger partial charge is 0.336 e. The Hall–Kier alpha value is -2.22. The lowest BCUT2D eigenvalue weighted by Gasteiger charge is -2.09. The number of nitrogens with two attached hydrogens (primary N) is 1. The van der Waals surface area contributed by atoms with Crippen molar-refractivity contribution in [2.75, 3.05) is 20.6 Å². The van der Waals surface area contributed by atoms with E-state index in [1.165, 1.54) is 6.08 Å². The molecule has 3 rings (SSSR count). The van der Waals surface area contributed by atoms with Crippen LogP contribution in [0.2, 0.25) is 0 Å². The number of rotatable bonds is 7. The monoisotopic (exact) mass is 399 g/mol. The Bertz CT molecular complexity index is 992. The van der Waals surface area contributed by atoms with E-state index in [1.54, 1.807) is 11.9 Å². The summed E-state index contributed by atoms with van der Waals surface area (Å²) in [5.74, 6) is -0.235. The number of halogens is 1. The summed E-state index contributed by atoms with van der Waals surface area (Å²) in [6, 6.07) is 8.09. The molecule has 0 unspecified atom stereocenters. The van der Waals surface area contributed by atoms with Crippen LogP contribution in [0.3, 0.4) is 0 Å². The second-order valence-electron chi connectivity index (χ2n) is 6.94. The van der Waals surface area contributed by atoms with Crippen molar-refractivity contribution in [3.8, 4) is 0 Å². The minimum atomic E-state index is -0.235. The van der Waals surface area contributed by atoms with Crippen molar-refractivity contribution in [2.24, 2.45) is 5.73 Å². The van der Waals surface area contributed by atoms with Gasteiger partial charge in [-0.15, -0.1) is 0 Å². The van der Waals surface area contributed by atoms with Crippen LogP contribution in [0, 0.1) is 13.8 Å². The van der Waals surface area contributed by atoms with Gasteiger partial charge in [0.05, 0.1) is 17.6 Å². The molecule has 148 valence electrons. The number of allylic oxidation sites excluding steroid dienone is 1. The molecule has 0 aromatic carbocycles. The molecule has 0 spiro atoms. The van der Waals surface area contributed by atoms with Crippen LogP contribution in [-0.2, 0) is 13.0 Å². The van der Waals surface area contributed by atoms with Crippen molar-refractivity contribution in [3.05, 3.63) is 64.9 Å². The second-order valence-corrected chi connectivity index (χ2v) is 8.27. The van der Waals surface area contributed by atoms with Crippen LogP contribution >= 0.6 is 11.9 Å². The van der Waals surface area contributed by atoms with E-state index in [-0.39, 0.29) is 18.9 Å². The third-order valence-electron chi connectivity index (χ3n) is 4.53. The molecule has 3 aromatic heterocycles. The van der Waals surface area contributed by atoms with Gasteiger partial charge in [-0.1, -0.05) is 6.07 Å². The molecule has 0 aliphatic carbocycles. The average Bonchev–Trinajstić information content (AvgIpc) is 2.88. The first-order chi connectivity index (χ1) is 13.4. The zero-order chi connectivity index (χ0) is 20.3. The number of hydrogen-bond donors (Lipinski definition) is 1. The highest BCUT2D eigenvalue weighted by Crippen LogP contribution is 2.28. The van der Waals surface area contributed by atoms with Gasteiger partial charge >= 0.3 is 0 Å².